The third kappa shape index (κ3) is 4.72. The number of rotatable bonds is 3. The number of carbonyl (C=O) groups is 1. The first-order valence-corrected chi connectivity index (χ1v) is 4.20. The molecule has 1 amide bonds. The van der Waals surface area contributed by atoms with Gasteiger partial charge in [-0.25, -0.2) is 0 Å². The van der Waals surface area contributed by atoms with Crippen LogP contribution >= 0.6 is 0 Å². The van der Waals surface area contributed by atoms with E-state index in [4.69, 9.17) is 0 Å². The van der Waals surface area contributed by atoms with Gasteiger partial charge in [0.15, 0.2) is 0 Å². The molecule has 2 nitrogen and oxygen atoms in total. The molecule has 0 aromatic heterocycles. The van der Waals surface area contributed by atoms with E-state index in [1.165, 1.54) is 17.2 Å². The molecule has 0 saturated carbocycles. The average molecular weight is 169 g/mol. The summed E-state index contributed by atoms with van der Waals surface area (Å²) in [5, 5.41) is 0. The van der Waals surface area contributed by atoms with E-state index < -0.39 is 0 Å². The van der Waals surface area contributed by atoms with E-state index in [1.54, 1.807) is 0 Å². The molecule has 0 aromatic rings. The molecule has 0 rings (SSSR count). The van der Waals surface area contributed by atoms with Crippen molar-refractivity contribution < 1.29 is 4.79 Å². The molecule has 0 saturated heterocycles. The Hall–Kier alpha value is -1.05. The molecule has 70 valence electrons. The standard InChI is InChI=1S/C8H13NO.C2H6/c1-5-8(10)9(6-2)7(3)4;1-2/h5-7H,1-2H2,3-4H3;1-2H3. The maximum absolute atomic E-state index is 10.9. The zero-order valence-corrected chi connectivity index (χ0v) is 8.50. The van der Waals surface area contributed by atoms with Gasteiger partial charge in [0.25, 0.3) is 0 Å². The molecule has 0 bridgehead atoms. The fourth-order valence-electron chi connectivity index (χ4n) is 0.661. The SMILES string of the molecule is C=CC(=O)N(C=C)C(C)C.CC. The van der Waals surface area contributed by atoms with Crippen molar-refractivity contribution in [2.75, 3.05) is 0 Å². The predicted molar refractivity (Wildman–Crippen MR) is 53.7 cm³/mol. The van der Waals surface area contributed by atoms with E-state index in [0.717, 1.165) is 0 Å². The van der Waals surface area contributed by atoms with Crippen molar-refractivity contribution >= 4 is 5.91 Å². The van der Waals surface area contributed by atoms with E-state index in [2.05, 4.69) is 13.2 Å². The van der Waals surface area contributed by atoms with Crippen molar-refractivity contribution in [3.63, 3.8) is 0 Å². The highest BCUT2D eigenvalue weighted by molar-refractivity contribution is 5.87. The van der Waals surface area contributed by atoms with Crippen LogP contribution in [0.2, 0.25) is 0 Å². The minimum Gasteiger partial charge on any atom is -0.314 e. The Morgan fingerprint density at radius 3 is 1.83 bits per heavy atom. The maximum atomic E-state index is 10.9. The maximum Gasteiger partial charge on any atom is 0.250 e. The molecule has 0 unspecified atom stereocenters. The van der Waals surface area contributed by atoms with Crippen LogP contribution in [0.3, 0.4) is 0 Å². The number of hydrogen-bond acceptors (Lipinski definition) is 1. The van der Waals surface area contributed by atoms with Crippen LogP contribution < -0.4 is 0 Å². The van der Waals surface area contributed by atoms with Gasteiger partial charge in [-0.3, -0.25) is 4.79 Å². The van der Waals surface area contributed by atoms with Crippen LogP contribution in [0.15, 0.2) is 25.4 Å². The van der Waals surface area contributed by atoms with Crippen molar-refractivity contribution in [2.24, 2.45) is 0 Å². The summed E-state index contributed by atoms with van der Waals surface area (Å²) < 4.78 is 0. The Bertz CT molecular complexity index is 150. The second kappa shape index (κ2) is 8.05. The highest BCUT2D eigenvalue weighted by atomic mass is 16.2. The lowest BCUT2D eigenvalue weighted by atomic mass is 10.3. The lowest BCUT2D eigenvalue weighted by molar-refractivity contribution is -0.124. The summed E-state index contributed by atoms with van der Waals surface area (Å²) in [7, 11) is 0. The lowest BCUT2D eigenvalue weighted by Gasteiger charge is -2.19. The van der Waals surface area contributed by atoms with E-state index in [-0.39, 0.29) is 11.9 Å². The van der Waals surface area contributed by atoms with Gasteiger partial charge < -0.3 is 4.90 Å². The van der Waals surface area contributed by atoms with Gasteiger partial charge >= 0.3 is 0 Å². The number of amides is 1. The van der Waals surface area contributed by atoms with Crippen molar-refractivity contribution in [1.29, 1.82) is 0 Å². The number of nitrogens with zero attached hydrogens (tertiary/aromatic N) is 1. The van der Waals surface area contributed by atoms with Gasteiger partial charge in [-0.15, -0.1) is 0 Å². The van der Waals surface area contributed by atoms with Crippen LogP contribution in [0.25, 0.3) is 0 Å². The molecule has 0 aliphatic rings. The highest BCUT2D eigenvalue weighted by Crippen LogP contribution is 1.98. The van der Waals surface area contributed by atoms with Crippen LogP contribution in [0.4, 0.5) is 0 Å². The molecule has 0 atom stereocenters. The second-order valence-electron chi connectivity index (χ2n) is 2.23. The van der Waals surface area contributed by atoms with Gasteiger partial charge in [-0.05, 0) is 19.9 Å². The molecular formula is C10H19NO. The van der Waals surface area contributed by atoms with Gasteiger partial charge in [0, 0.05) is 12.2 Å². The third-order valence-electron chi connectivity index (χ3n) is 1.18. The van der Waals surface area contributed by atoms with Crippen LogP contribution in [0, 0.1) is 0 Å². The summed E-state index contributed by atoms with van der Waals surface area (Å²) in [6, 6.07) is 0.156. The van der Waals surface area contributed by atoms with E-state index >= 15 is 0 Å². The van der Waals surface area contributed by atoms with Crippen LogP contribution in [0.5, 0.6) is 0 Å². The first-order chi connectivity index (χ1) is 5.63. The molecule has 0 fully saturated rings. The highest BCUT2D eigenvalue weighted by Gasteiger charge is 2.08. The van der Waals surface area contributed by atoms with Crippen LogP contribution in [0.1, 0.15) is 27.7 Å². The quantitative estimate of drug-likeness (QED) is 0.595. The van der Waals surface area contributed by atoms with Crippen molar-refractivity contribution in [1.82, 2.24) is 4.90 Å². The van der Waals surface area contributed by atoms with E-state index in [9.17, 15) is 4.79 Å². The van der Waals surface area contributed by atoms with Crippen molar-refractivity contribution in [3.05, 3.63) is 25.4 Å². The van der Waals surface area contributed by atoms with Crippen molar-refractivity contribution in [2.45, 2.75) is 33.7 Å². The minimum absolute atomic E-state index is 0.106. The van der Waals surface area contributed by atoms with Crippen LogP contribution in [-0.2, 0) is 4.79 Å². The lowest BCUT2D eigenvalue weighted by Crippen LogP contribution is -2.30. The van der Waals surface area contributed by atoms with Crippen molar-refractivity contribution in [3.8, 4) is 0 Å². The molecular weight excluding hydrogens is 150 g/mol. The topological polar surface area (TPSA) is 20.3 Å². The fraction of sp³-hybridized carbons (Fsp3) is 0.500. The van der Waals surface area contributed by atoms with Gasteiger partial charge in [0.05, 0.1) is 0 Å². The summed E-state index contributed by atoms with van der Waals surface area (Å²) in [4.78, 5) is 12.4. The smallest absolute Gasteiger partial charge is 0.250 e. The normalized spacial score (nSPS) is 8.08. The molecule has 12 heavy (non-hydrogen) atoms. The Balaban J connectivity index is 0. The molecule has 0 radical (unpaired) electrons. The summed E-state index contributed by atoms with van der Waals surface area (Å²) in [6.45, 7) is 14.7. The van der Waals surface area contributed by atoms with Gasteiger partial charge in [0.1, 0.15) is 0 Å². The Morgan fingerprint density at radius 1 is 1.33 bits per heavy atom. The van der Waals surface area contributed by atoms with E-state index in [1.807, 2.05) is 27.7 Å². The molecule has 0 aromatic carbocycles. The molecule has 0 spiro atoms. The second-order valence-corrected chi connectivity index (χ2v) is 2.23. The Kier molecular flexibility index (Phi) is 9.08. The molecule has 0 aliphatic heterocycles. The number of hydrogen-bond donors (Lipinski definition) is 0. The van der Waals surface area contributed by atoms with E-state index in [0.29, 0.717) is 0 Å². The Morgan fingerprint density at radius 2 is 1.75 bits per heavy atom. The first kappa shape index (κ1) is 13.5. The molecule has 0 aliphatic carbocycles. The minimum atomic E-state index is -0.106. The van der Waals surface area contributed by atoms with Gasteiger partial charge in [-0.1, -0.05) is 27.0 Å². The molecule has 2 heteroatoms. The predicted octanol–water partition coefficient (Wildman–Crippen LogP) is 2.58. The zero-order valence-electron chi connectivity index (χ0n) is 8.50. The summed E-state index contributed by atoms with van der Waals surface area (Å²) in [5.41, 5.74) is 0. The monoisotopic (exact) mass is 169 g/mol. The van der Waals surface area contributed by atoms with Gasteiger partial charge in [-0.2, -0.15) is 0 Å². The summed E-state index contributed by atoms with van der Waals surface area (Å²) in [5.74, 6) is -0.106. The first-order valence-electron chi connectivity index (χ1n) is 4.20. The van der Waals surface area contributed by atoms with Crippen LogP contribution in [-0.4, -0.2) is 16.8 Å². The molecule has 0 N–H and O–H groups in total. The van der Waals surface area contributed by atoms with Gasteiger partial charge in [0.2, 0.25) is 5.91 Å². The average Bonchev–Trinajstić information content (AvgIpc) is 2.08. The fourth-order valence-corrected chi connectivity index (χ4v) is 0.661. The number of carbonyl (C=O) groups excluding carboxylic acids is 1. The summed E-state index contributed by atoms with van der Waals surface area (Å²) >= 11 is 0. The molecule has 0 heterocycles. The third-order valence-corrected chi connectivity index (χ3v) is 1.18. The zero-order chi connectivity index (χ0) is 10.1. The Labute approximate surface area is 75.6 Å². The summed E-state index contributed by atoms with van der Waals surface area (Å²) in [6.07, 6.45) is 2.79. The largest absolute Gasteiger partial charge is 0.314 e.